The van der Waals surface area contributed by atoms with Gasteiger partial charge < -0.3 is 14.2 Å². The average Bonchev–Trinajstić information content (AvgIpc) is 3.49. The molecule has 2 aromatic carbocycles. The van der Waals surface area contributed by atoms with E-state index in [1.54, 1.807) is 35.4 Å². The Morgan fingerprint density at radius 2 is 2.09 bits per heavy atom. The molecule has 7 heteroatoms. The number of hydrogen-bond donors (Lipinski definition) is 0. The van der Waals surface area contributed by atoms with Gasteiger partial charge in [0.15, 0.2) is 5.89 Å². The quantitative estimate of drug-likeness (QED) is 0.591. The summed E-state index contributed by atoms with van der Waals surface area (Å²) in [5, 5.41) is 9.18. The first kappa shape index (κ1) is 21.9. The molecule has 2 aliphatic heterocycles. The van der Waals surface area contributed by atoms with Crippen molar-refractivity contribution in [2.45, 2.75) is 39.0 Å². The van der Waals surface area contributed by atoms with E-state index in [2.05, 4.69) is 31.0 Å². The molecule has 1 aromatic heterocycles. The predicted molar refractivity (Wildman–Crippen MR) is 127 cm³/mol. The first-order chi connectivity index (χ1) is 16.2. The van der Waals surface area contributed by atoms with Gasteiger partial charge in [0.2, 0.25) is 11.8 Å². The largest absolute Gasteiger partial charge is 0.446 e. The van der Waals surface area contributed by atoms with Gasteiger partial charge in [0.05, 0.1) is 23.7 Å². The molecule has 1 atom stereocenters. The molecule has 0 aliphatic carbocycles. The minimum Gasteiger partial charge on any atom is -0.446 e. The summed E-state index contributed by atoms with van der Waals surface area (Å²) < 4.78 is 5.63. The number of aryl methyl sites for hydroxylation is 1. The number of amides is 2. The van der Waals surface area contributed by atoms with Crippen LogP contribution in [0.1, 0.15) is 48.6 Å². The molecule has 3 aromatic rings. The standard InChI is InChI=1S/C27H26N4O3/c1-17-29-14-22(34-17)10-18-7-8-24-23(11-18)27(2,3)16-31(24)26(33)20-12-25(32)30(15-20)21-6-4-5-19(9-21)13-28/h4-9,11,14,20H,10,12,15-16H2,1-3H3/t20-/m0/s1. The Balaban J connectivity index is 1.37. The molecule has 0 bridgehead atoms. The highest BCUT2D eigenvalue weighted by Gasteiger charge is 2.43. The smallest absolute Gasteiger partial charge is 0.232 e. The fraction of sp³-hybridized carbons (Fsp3) is 0.333. The van der Waals surface area contributed by atoms with Gasteiger partial charge in [-0.1, -0.05) is 32.0 Å². The normalized spacial score (nSPS) is 18.8. The van der Waals surface area contributed by atoms with Crippen LogP contribution < -0.4 is 9.80 Å². The lowest BCUT2D eigenvalue weighted by Crippen LogP contribution is -2.39. The molecule has 0 spiro atoms. The van der Waals surface area contributed by atoms with Crippen molar-refractivity contribution in [1.82, 2.24) is 4.98 Å². The number of benzene rings is 2. The molecule has 5 rings (SSSR count). The summed E-state index contributed by atoms with van der Waals surface area (Å²) in [5.41, 5.74) is 4.08. The fourth-order valence-electron chi connectivity index (χ4n) is 5.01. The van der Waals surface area contributed by atoms with Crippen molar-refractivity contribution in [3.05, 3.63) is 77.0 Å². The number of aromatic nitrogens is 1. The Labute approximate surface area is 198 Å². The van der Waals surface area contributed by atoms with Gasteiger partial charge in [-0.15, -0.1) is 0 Å². The summed E-state index contributed by atoms with van der Waals surface area (Å²) in [6, 6.07) is 15.2. The van der Waals surface area contributed by atoms with Crippen LogP contribution >= 0.6 is 0 Å². The van der Waals surface area contributed by atoms with Gasteiger partial charge in [-0.25, -0.2) is 4.98 Å². The maximum Gasteiger partial charge on any atom is 0.232 e. The minimum absolute atomic E-state index is 0.0299. The van der Waals surface area contributed by atoms with Crippen molar-refractivity contribution in [1.29, 1.82) is 5.26 Å². The summed E-state index contributed by atoms with van der Waals surface area (Å²) in [5.74, 6) is 0.915. The Morgan fingerprint density at radius 3 is 2.82 bits per heavy atom. The average molecular weight is 455 g/mol. The molecular formula is C27H26N4O3. The maximum atomic E-state index is 13.6. The third kappa shape index (κ3) is 3.86. The lowest BCUT2D eigenvalue weighted by atomic mass is 9.86. The van der Waals surface area contributed by atoms with Gasteiger partial charge in [0.25, 0.3) is 0 Å². The van der Waals surface area contributed by atoms with Crippen molar-refractivity contribution >= 4 is 23.2 Å². The first-order valence-electron chi connectivity index (χ1n) is 11.4. The fourth-order valence-corrected chi connectivity index (χ4v) is 5.01. The molecule has 172 valence electrons. The molecule has 7 nitrogen and oxygen atoms in total. The van der Waals surface area contributed by atoms with Crippen LogP contribution in [-0.4, -0.2) is 29.9 Å². The summed E-state index contributed by atoms with van der Waals surface area (Å²) in [7, 11) is 0. The number of hydrogen-bond acceptors (Lipinski definition) is 5. The lowest BCUT2D eigenvalue weighted by Gasteiger charge is -2.23. The molecule has 0 radical (unpaired) electrons. The van der Waals surface area contributed by atoms with Crippen LogP contribution in [0, 0.1) is 24.2 Å². The van der Waals surface area contributed by atoms with Gasteiger partial charge in [-0.05, 0) is 35.4 Å². The highest BCUT2D eigenvalue weighted by atomic mass is 16.3. The third-order valence-corrected chi connectivity index (χ3v) is 6.71. The Morgan fingerprint density at radius 1 is 1.26 bits per heavy atom. The van der Waals surface area contributed by atoms with E-state index in [0.29, 0.717) is 36.7 Å². The SMILES string of the molecule is Cc1ncc(Cc2ccc3c(c2)C(C)(C)CN3C(=O)[C@H]2CC(=O)N(c3cccc(C#N)c3)C2)o1. The number of rotatable bonds is 4. The van der Waals surface area contributed by atoms with Gasteiger partial charge in [0.1, 0.15) is 5.76 Å². The zero-order valence-corrected chi connectivity index (χ0v) is 19.5. The van der Waals surface area contributed by atoms with E-state index >= 15 is 0 Å². The number of anilines is 2. The topological polar surface area (TPSA) is 90.4 Å². The van der Waals surface area contributed by atoms with E-state index in [9.17, 15) is 14.9 Å². The van der Waals surface area contributed by atoms with E-state index in [1.807, 2.05) is 24.0 Å². The predicted octanol–water partition coefficient (Wildman–Crippen LogP) is 4.12. The molecule has 0 N–H and O–H groups in total. The Bertz CT molecular complexity index is 1330. The Kier molecular flexibility index (Phi) is 5.24. The van der Waals surface area contributed by atoms with E-state index in [4.69, 9.17) is 4.42 Å². The van der Waals surface area contributed by atoms with Gasteiger partial charge >= 0.3 is 0 Å². The van der Waals surface area contributed by atoms with E-state index in [-0.39, 0.29) is 23.7 Å². The van der Waals surface area contributed by atoms with Crippen LogP contribution in [0.5, 0.6) is 0 Å². The van der Waals surface area contributed by atoms with Crippen molar-refractivity contribution < 1.29 is 14.0 Å². The number of carbonyl (C=O) groups excluding carboxylic acids is 2. The number of carbonyl (C=O) groups is 2. The summed E-state index contributed by atoms with van der Waals surface area (Å²) >= 11 is 0. The highest BCUT2D eigenvalue weighted by molar-refractivity contribution is 6.05. The Hall–Kier alpha value is -3.92. The molecule has 1 saturated heterocycles. The molecule has 0 unspecified atom stereocenters. The van der Waals surface area contributed by atoms with Crippen molar-refractivity contribution in [3.63, 3.8) is 0 Å². The number of oxazole rings is 1. The second kappa shape index (κ2) is 8.14. The van der Waals surface area contributed by atoms with Crippen LogP contribution in [0.25, 0.3) is 0 Å². The zero-order valence-electron chi connectivity index (χ0n) is 19.5. The number of nitriles is 1. The summed E-state index contributed by atoms with van der Waals surface area (Å²) in [6.45, 7) is 7.00. The first-order valence-corrected chi connectivity index (χ1v) is 11.4. The zero-order chi connectivity index (χ0) is 24.0. The van der Waals surface area contributed by atoms with Crippen LogP contribution in [-0.2, 0) is 21.4 Å². The molecule has 2 amide bonds. The van der Waals surface area contributed by atoms with E-state index in [1.165, 1.54) is 0 Å². The number of nitrogens with zero attached hydrogens (tertiary/aromatic N) is 4. The van der Waals surface area contributed by atoms with Gasteiger partial charge in [0, 0.05) is 49.6 Å². The van der Waals surface area contributed by atoms with Gasteiger partial charge in [-0.3, -0.25) is 9.59 Å². The van der Waals surface area contributed by atoms with E-state index < -0.39 is 5.92 Å². The summed E-state index contributed by atoms with van der Waals surface area (Å²) in [4.78, 5) is 34.0. The molecule has 1 fully saturated rings. The van der Waals surface area contributed by atoms with Crippen molar-refractivity contribution in [2.24, 2.45) is 5.92 Å². The van der Waals surface area contributed by atoms with Crippen molar-refractivity contribution in [3.8, 4) is 6.07 Å². The van der Waals surface area contributed by atoms with Crippen molar-refractivity contribution in [2.75, 3.05) is 22.9 Å². The second-order valence-corrected chi connectivity index (χ2v) is 9.75. The maximum absolute atomic E-state index is 13.6. The monoisotopic (exact) mass is 454 g/mol. The second-order valence-electron chi connectivity index (χ2n) is 9.75. The number of fused-ring (bicyclic) bond motifs is 1. The van der Waals surface area contributed by atoms with E-state index in [0.717, 1.165) is 22.6 Å². The molecule has 2 aliphatic rings. The minimum atomic E-state index is -0.420. The third-order valence-electron chi connectivity index (χ3n) is 6.71. The van der Waals surface area contributed by atoms with Gasteiger partial charge in [-0.2, -0.15) is 5.26 Å². The molecular weight excluding hydrogens is 428 g/mol. The summed E-state index contributed by atoms with van der Waals surface area (Å²) in [6.07, 6.45) is 2.56. The molecule has 34 heavy (non-hydrogen) atoms. The highest BCUT2D eigenvalue weighted by Crippen LogP contribution is 2.42. The van der Waals surface area contributed by atoms with Crippen LogP contribution in [0.2, 0.25) is 0 Å². The van der Waals surface area contributed by atoms with Crippen LogP contribution in [0.4, 0.5) is 11.4 Å². The lowest BCUT2D eigenvalue weighted by molar-refractivity contribution is -0.124. The molecule has 3 heterocycles. The van der Waals surface area contributed by atoms with Crippen LogP contribution in [0.15, 0.2) is 53.1 Å². The van der Waals surface area contributed by atoms with Crippen LogP contribution in [0.3, 0.4) is 0 Å². The molecule has 0 saturated carbocycles.